The molecule has 2 aromatic carbocycles. The standard InChI is InChI=1S/C26H24N8O3S2/c1-15-13-16(2)28-25(27-15)34-39(36,37)20-11-9-19(10-12-20)30-24-29-17(3)21-22(31-24)32-26(33-23(21)35)38-14-18-7-5-4-6-8-18/h4-13H,14H2,1-3H3,(H,27,28,34)(H2,29,30,31,32,33,35). The molecule has 198 valence electrons. The van der Waals surface area contributed by atoms with Gasteiger partial charge in [-0.25, -0.2) is 33.1 Å². The summed E-state index contributed by atoms with van der Waals surface area (Å²) in [5, 5.41) is 3.82. The maximum Gasteiger partial charge on any atom is 0.264 e. The van der Waals surface area contributed by atoms with E-state index in [0.29, 0.717) is 39.1 Å². The molecule has 3 heterocycles. The first kappa shape index (κ1) is 26.3. The van der Waals surface area contributed by atoms with E-state index in [1.807, 2.05) is 30.3 Å². The van der Waals surface area contributed by atoms with Gasteiger partial charge in [-0.15, -0.1) is 0 Å². The van der Waals surface area contributed by atoms with Gasteiger partial charge in [0.25, 0.3) is 15.6 Å². The number of nitrogens with one attached hydrogen (secondary N) is 3. The molecule has 5 rings (SSSR count). The zero-order chi connectivity index (χ0) is 27.6. The number of anilines is 3. The van der Waals surface area contributed by atoms with E-state index in [2.05, 4.69) is 39.9 Å². The number of benzene rings is 2. The van der Waals surface area contributed by atoms with Crippen LogP contribution < -0.4 is 15.6 Å². The van der Waals surface area contributed by atoms with Crippen molar-refractivity contribution < 1.29 is 8.42 Å². The van der Waals surface area contributed by atoms with Crippen LogP contribution in [0, 0.1) is 20.8 Å². The van der Waals surface area contributed by atoms with Crippen molar-refractivity contribution in [1.82, 2.24) is 29.9 Å². The molecule has 0 saturated heterocycles. The fraction of sp³-hybridized carbons (Fsp3) is 0.154. The van der Waals surface area contributed by atoms with Crippen molar-refractivity contribution >= 4 is 50.4 Å². The van der Waals surface area contributed by atoms with E-state index >= 15 is 0 Å². The van der Waals surface area contributed by atoms with Crippen molar-refractivity contribution in [1.29, 1.82) is 0 Å². The Morgan fingerprint density at radius 1 is 0.846 bits per heavy atom. The highest BCUT2D eigenvalue weighted by Gasteiger charge is 2.17. The molecule has 11 nitrogen and oxygen atoms in total. The van der Waals surface area contributed by atoms with Gasteiger partial charge in [-0.3, -0.25) is 4.79 Å². The SMILES string of the molecule is Cc1cc(C)nc(NS(=O)(=O)c2ccc(Nc3nc(C)c4c(=O)[nH]c(SCc5ccccc5)nc4n3)cc2)n1. The van der Waals surface area contributed by atoms with Gasteiger partial charge >= 0.3 is 0 Å². The Morgan fingerprint density at radius 3 is 2.23 bits per heavy atom. The van der Waals surface area contributed by atoms with Crippen LogP contribution in [0.4, 0.5) is 17.6 Å². The second kappa shape index (κ2) is 10.8. The third kappa shape index (κ3) is 6.21. The van der Waals surface area contributed by atoms with Crippen LogP contribution in [0.25, 0.3) is 11.0 Å². The molecule has 0 amide bonds. The number of thioether (sulfide) groups is 1. The van der Waals surface area contributed by atoms with E-state index in [0.717, 1.165) is 5.56 Å². The quantitative estimate of drug-likeness (QED) is 0.185. The fourth-order valence-corrected chi connectivity index (χ4v) is 5.59. The second-order valence-corrected chi connectivity index (χ2v) is 11.4. The topological polar surface area (TPSA) is 156 Å². The first-order chi connectivity index (χ1) is 18.7. The van der Waals surface area contributed by atoms with E-state index in [-0.39, 0.29) is 28.0 Å². The molecule has 3 N–H and O–H groups in total. The molecule has 0 atom stereocenters. The van der Waals surface area contributed by atoms with E-state index < -0.39 is 10.0 Å². The number of rotatable bonds is 8. The molecule has 5 aromatic rings. The Hall–Kier alpha value is -4.36. The molecule has 13 heteroatoms. The van der Waals surface area contributed by atoms with Crippen molar-refractivity contribution in [3.8, 4) is 0 Å². The smallest absolute Gasteiger partial charge is 0.264 e. The van der Waals surface area contributed by atoms with Gasteiger partial charge in [0.2, 0.25) is 11.9 Å². The fourth-order valence-electron chi connectivity index (χ4n) is 3.84. The lowest BCUT2D eigenvalue weighted by molar-refractivity contribution is 0.601. The molecule has 0 spiro atoms. The average molecular weight is 561 g/mol. The third-order valence-electron chi connectivity index (χ3n) is 5.57. The molecule has 0 unspecified atom stereocenters. The minimum Gasteiger partial charge on any atom is -0.324 e. The second-order valence-electron chi connectivity index (χ2n) is 8.71. The monoisotopic (exact) mass is 560 g/mol. The predicted octanol–water partition coefficient (Wildman–Crippen LogP) is 4.27. The molecule has 0 bridgehead atoms. The number of aromatic nitrogens is 6. The average Bonchev–Trinajstić information content (AvgIpc) is 2.87. The highest BCUT2D eigenvalue weighted by atomic mass is 32.2. The molecular formula is C26H24N8O3S2. The maximum atomic E-state index is 12.8. The number of hydrogen-bond acceptors (Lipinski definition) is 10. The van der Waals surface area contributed by atoms with Gasteiger partial charge in [-0.2, -0.15) is 4.98 Å². The number of hydrogen-bond donors (Lipinski definition) is 3. The lowest BCUT2D eigenvalue weighted by atomic mass is 10.2. The predicted molar refractivity (Wildman–Crippen MR) is 151 cm³/mol. The number of fused-ring (bicyclic) bond motifs is 1. The lowest BCUT2D eigenvalue weighted by Crippen LogP contribution is -2.15. The van der Waals surface area contributed by atoms with Crippen LogP contribution in [-0.2, 0) is 15.8 Å². The van der Waals surface area contributed by atoms with E-state index in [1.165, 1.54) is 23.9 Å². The number of sulfonamides is 1. The Kier molecular flexibility index (Phi) is 7.26. The van der Waals surface area contributed by atoms with Crippen molar-refractivity contribution in [3.05, 3.63) is 93.7 Å². The first-order valence-electron chi connectivity index (χ1n) is 11.8. The summed E-state index contributed by atoms with van der Waals surface area (Å²) >= 11 is 1.40. The summed E-state index contributed by atoms with van der Waals surface area (Å²) in [4.78, 5) is 37.2. The Bertz CT molecular complexity index is 1810. The zero-order valence-corrected chi connectivity index (χ0v) is 22.9. The molecule has 0 aliphatic carbocycles. The Balaban J connectivity index is 1.35. The maximum absolute atomic E-state index is 12.8. The van der Waals surface area contributed by atoms with Gasteiger partial charge < -0.3 is 10.3 Å². The summed E-state index contributed by atoms with van der Waals surface area (Å²) in [6.07, 6.45) is 0. The van der Waals surface area contributed by atoms with Crippen LogP contribution in [0.1, 0.15) is 22.6 Å². The largest absolute Gasteiger partial charge is 0.324 e. The molecule has 0 fully saturated rings. The van der Waals surface area contributed by atoms with Gasteiger partial charge in [-0.1, -0.05) is 42.1 Å². The van der Waals surface area contributed by atoms with Crippen molar-refractivity contribution in [3.63, 3.8) is 0 Å². The van der Waals surface area contributed by atoms with Crippen LogP contribution >= 0.6 is 11.8 Å². The summed E-state index contributed by atoms with van der Waals surface area (Å²) in [6, 6.07) is 17.7. The van der Waals surface area contributed by atoms with Crippen molar-refractivity contribution in [2.45, 2.75) is 36.6 Å². The minimum atomic E-state index is -3.89. The summed E-state index contributed by atoms with van der Waals surface area (Å²) in [5.74, 6) is 0.887. The van der Waals surface area contributed by atoms with Gasteiger partial charge in [0.15, 0.2) is 10.8 Å². The van der Waals surface area contributed by atoms with Crippen LogP contribution in [0.5, 0.6) is 0 Å². The van der Waals surface area contributed by atoms with Gasteiger partial charge in [0.05, 0.1) is 10.6 Å². The number of aryl methyl sites for hydroxylation is 3. The van der Waals surface area contributed by atoms with Gasteiger partial charge in [0.1, 0.15) is 5.39 Å². The van der Waals surface area contributed by atoms with E-state index in [1.54, 1.807) is 39.0 Å². The van der Waals surface area contributed by atoms with Crippen LogP contribution in [0.2, 0.25) is 0 Å². The van der Waals surface area contributed by atoms with Gasteiger partial charge in [-0.05, 0) is 56.7 Å². The molecular weight excluding hydrogens is 536 g/mol. The normalized spacial score (nSPS) is 11.5. The van der Waals surface area contributed by atoms with Crippen LogP contribution in [-0.4, -0.2) is 38.3 Å². The number of H-pyrrole nitrogens is 1. The van der Waals surface area contributed by atoms with Crippen LogP contribution in [0.15, 0.2) is 75.5 Å². The molecule has 0 aliphatic rings. The van der Waals surface area contributed by atoms with Crippen LogP contribution in [0.3, 0.4) is 0 Å². The summed E-state index contributed by atoms with van der Waals surface area (Å²) in [6.45, 7) is 5.23. The van der Waals surface area contributed by atoms with Crippen molar-refractivity contribution in [2.75, 3.05) is 10.0 Å². The minimum absolute atomic E-state index is 0.0125. The number of nitrogens with zero attached hydrogens (tertiary/aromatic N) is 5. The molecule has 39 heavy (non-hydrogen) atoms. The highest BCUT2D eigenvalue weighted by molar-refractivity contribution is 7.98. The van der Waals surface area contributed by atoms with E-state index in [9.17, 15) is 13.2 Å². The zero-order valence-electron chi connectivity index (χ0n) is 21.3. The Labute approximate surface area is 228 Å². The molecule has 0 saturated carbocycles. The van der Waals surface area contributed by atoms with E-state index in [4.69, 9.17) is 0 Å². The first-order valence-corrected chi connectivity index (χ1v) is 14.3. The summed E-state index contributed by atoms with van der Waals surface area (Å²) in [7, 11) is -3.89. The summed E-state index contributed by atoms with van der Waals surface area (Å²) < 4.78 is 28.0. The third-order valence-corrected chi connectivity index (χ3v) is 7.86. The highest BCUT2D eigenvalue weighted by Crippen LogP contribution is 2.23. The number of aromatic amines is 1. The molecule has 0 radical (unpaired) electrons. The summed E-state index contributed by atoms with van der Waals surface area (Å²) in [5.41, 5.74) is 3.39. The molecule has 3 aromatic heterocycles. The Morgan fingerprint density at radius 2 is 1.54 bits per heavy atom. The van der Waals surface area contributed by atoms with Crippen molar-refractivity contribution in [2.24, 2.45) is 0 Å². The van der Waals surface area contributed by atoms with Gasteiger partial charge in [0, 0.05) is 22.8 Å². The molecule has 0 aliphatic heterocycles. The lowest BCUT2D eigenvalue weighted by Gasteiger charge is -2.10.